The van der Waals surface area contributed by atoms with Gasteiger partial charge in [-0.05, 0) is 29.8 Å². The van der Waals surface area contributed by atoms with E-state index in [4.69, 9.17) is 0 Å². The van der Waals surface area contributed by atoms with Crippen LogP contribution in [0.5, 0.6) is 0 Å². The third-order valence-electron chi connectivity index (χ3n) is 3.11. The van der Waals surface area contributed by atoms with Crippen LogP contribution < -0.4 is 5.32 Å². The van der Waals surface area contributed by atoms with E-state index in [9.17, 15) is 4.79 Å². The summed E-state index contributed by atoms with van der Waals surface area (Å²) in [6, 6.07) is 15.4. The van der Waals surface area contributed by atoms with Crippen LogP contribution in [0.1, 0.15) is 15.9 Å². The van der Waals surface area contributed by atoms with Crippen molar-refractivity contribution >= 4 is 27.5 Å². The molecular formula is C16H17BrN2O. The Labute approximate surface area is 127 Å². The minimum Gasteiger partial charge on any atom is -0.388 e. The lowest BCUT2D eigenvalue weighted by Crippen LogP contribution is -2.26. The molecule has 104 valence electrons. The molecule has 3 nitrogen and oxygen atoms in total. The van der Waals surface area contributed by atoms with Gasteiger partial charge in [-0.3, -0.25) is 4.79 Å². The van der Waals surface area contributed by atoms with E-state index in [1.165, 1.54) is 0 Å². The Balaban J connectivity index is 2.14. The molecule has 0 saturated carbocycles. The van der Waals surface area contributed by atoms with Gasteiger partial charge in [0.05, 0.1) is 0 Å². The topological polar surface area (TPSA) is 32.3 Å². The van der Waals surface area contributed by atoms with E-state index < -0.39 is 0 Å². The maximum Gasteiger partial charge on any atom is 0.253 e. The second kappa shape index (κ2) is 6.57. The van der Waals surface area contributed by atoms with Crippen LogP contribution in [-0.4, -0.2) is 24.9 Å². The van der Waals surface area contributed by atoms with Gasteiger partial charge in [-0.15, -0.1) is 0 Å². The van der Waals surface area contributed by atoms with E-state index in [1.807, 2.05) is 62.6 Å². The Morgan fingerprint density at radius 1 is 1.20 bits per heavy atom. The fourth-order valence-electron chi connectivity index (χ4n) is 1.98. The number of carbonyl (C=O) groups excluding carboxylic acids is 1. The average molecular weight is 333 g/mol. The average Bonchev–Trinajstić information content (AvgIpc) is 2.48. The van der Waals surface area contributed by atoms with Crippen LogP contribution in [0.15, 0.2) is 53.0 Å². The Kier molecular flexibility index (Phi) is 4.79. The van der Waals surface area contributed by atoms with Crippen molar-refractivity contribution in [3.63, 3.8) is 0 Å². The molecule has 0 radical (unpaired) electrons. The van der Waals surface area contributed by atoms with Crippen molar-refractivity contribution in [2.45, 2.75) is 6.54 Å². The van der Waals surface area contributed by atoms with E-state index >= 15 is 0 Å². The molecule has 0 spiro atoms. The zero-order chi connectivity index (χ0) is 14.5. The van der Waals surface area contributed by atoms with Crippen molar-refractivity contribution in [3.8, 4) is 0 Å². The molecule has 1 amide bonds. The van der Waals surface area contributed by atoms with E-state index in [2.05, 4.69) is 21.2 Å². The lowest BCUT2D eigenvalue weighted by molar-refractivity contribution is 0.0785. The zero-order valence-electron chi connectivity index (χ0n) is 11.6. The molecule has 0 atom stereocenters. The highest BCUT2D eigenvalue weighted by molar-refractivity contribution is 9.10. The monoisotopic (exact) mass is 332 g/mol. The van der Waals surface area contributed by atoms with Gasteiger partial charge in [0, 0.05) is 36.4 Å². The van der Waals surface area contributed by atoms with Gasteiger partial charge >= 0.3 is 0 Å². The summed E-state index contributed by atoms with van der Waals surface area (Å²) in [5, 5.41) is 3.04. The summed E-state index contributed by atoms with van der Waals surface area (Å²) < 4.78 is 1.02. The number of carbonyl (C=O) groups is 1. The fourth-order valence-corrected chi connectivity index (χ4v) is 2.39. The second-order valence-corrected chi connectivity index (χ2v) is 5.44. The van der Waals surface area contributed by atoms with Crippen LogP contribution in [0.25, 0.3) is 0 Å². The van der Waals surface area contributed by atoms with E-state index in [0.29, 0.717) is 12.1 Å². The molecule has 2 aromatic rings. The van der Waals surface area contributed by atoms with Crippen molar-refractivity contribution in [1.82, 2.24) is 4.90 Å². The molecule has 0 heterocycles. The number of rotatable bonds is 4. The first-order valence-corrected chi connectivity index (χ1v) is 7.18. The summed E-state index contributed by atoms with van der Waals surface area (Å²) in [5.41, 5.74) is 2.71. The molecular weight excluding hydrogens is 316 g/mol. The molecule has 0 bridgehead atoms. The molecule has 2 rings (SSSR count). The Bertz CT molecular complexity index is 613. The largest absolute Gasteiger partial charge is 0.388 e. The number of amides is 1. The first-order valence-electron chi connectivity index (χ1n) is 6.38. The number of nitrogens with zero attached hydrogens (tertiary/aromatic N) is 1. The Morgan fingerprint density at radius 2 is 1.95 bits per heavy atom. The van der Waals surface area contributed by atoms with Crippen LogP contribution in [0.4, 0.5) is 5.69 Å². The predicted molar refractivity (Wildman–Crippen MR) is 85.9 cm³/mol. The molecule has 20 heavy (non-hydrogen) atoms. The number of halogens is 1. The minimum atomic E-state index is 0.0119. The number of anilines is 1. The summed E-state index contributed by atoms with van der Waals surface area (Å²) >= 11 is 3.50. The molecule has 0 aliphatic rings. The number of hydrogen-bond acceptors (Lipinski definition) is 2. The van der Waals surface area contributed by atoms with Gasteiger partial charge in [0.15, 0.2) is 0 Å². The van der Waals surface area contributed by atoms with Crippen LogP contribution in [0.3, 0.4) is 0 Å². The predicted octanol–water partition coefficient (Wildman–Crippen LogP) is 3.76. The van der Waals surface area contributed by atoms with Gasteiger partial charge in [0.2, 0.25) is 0 Å². The van der Waals surface area contributed by atoms with Gasteiger partial charge in [-0.25, -0.2) is 0 Å². The number of hydrogen-bond donors (Lipinski definition) is 1. The molecule has 2 aromatic carbocycles. The molecule has 0 fully saturated rings. The maximum atomic E-state index is 12.4. The van der Waals surface area contributed by atoms with Crippen molar-refractivity contribution in [2.75, 3.05) is 19.4 Å². The molecule has 0 saturated heterocycles. The summed E-state index contributed by atoms with van der Waals surface area (Å²) in [5.74, 6) is 0.0119. The van der Waals surface area contributed by atoms with Crippen LogP contribution in [0, 0.1) is 0 Å². The molecule has 0 unspecified atom stereocenters. The normalized spacial score (nSPS) is 10.2. The first kappa shape index (κ1) is 14.6. The number of benzene rings is 2. The van der Waals surface area contributed by atoms with Crippen molar-refractivity contribution in [2.24, 2.45) is 0 Å². The highest BCUT2D eigenvalue weighted by Gasteiger charge is 2.13. The highest BCUT2D eigenvalue weighted by Crippen LogP contribution is 2.19. The second-order valence-electron chi connectivity index (χ2n) is 4.58. The lowest BCUT2D eigenvalue weighted by atomic mass is 10.1. The van der Waals surface area contributed by atoms with Gasteiger partial charge in [0.25, 0.3) is 5.91 Å². The Morgan fingerprint density at radius 3 is 2.65 bits per heavy atom. The van der Waals surface area contributed by atoms with Crippen molar-refractivity contribution < 1.29 is 4.79 Å². The smallest absolute Gasteiger partial charge is 0.253 e. The Hall–Kier alpha value is -1.81. The first-order chi connectivity index (χ1) is 9.61. The van der Waals surface area contributed by atoms with Crippen LogP contribution in [-0.2, 0) is 6.54 Å². The third-order valence-corrected chi connectivity index (χ3v) is 3.88. The molecule has 1 N–H and O–H groups in total. The summed E-state index contributed by atoms with van der Waals surface area (Å²) in [4.78, 5) is 14.1. The maximum absolute atomic E-state index is 12.4. The van der Waals surface area contributed by atoms with Gasteiger partial charge < -0.3 is 10.2 Å². The molecule has 0 aliphatic heterocycles. The molecule has 0 aromatic heterocycles. The van der Waals surface area contributed by atoms with E-state index in [0.717, 1.165) is 15.7 Å². The lowest BCUT2D eigenvalue weighted by Gasteiger charge is -2.18. The van der Waals surface area contributed by atoms with Gasteiger partial charge in [-0.1, -0.05) is 40.2 Å². The zero-order valence-corrected chi connectivity index (χ0v) is 13.1. The fraction of sp³-hybridized carbons (Fsp3) is 0.188. The number of nitrogens with one attached hydrogen (secondary N) is 1. The van der Waals surface area contributed by atoms with Crippen LogP contribution in [0.2, 0.25) is 0 Å². The van der Waals surface area contributed by atoms with Gasteiger partial charge in [0.1, 0.15) is 0 Å². The SMILES string of the molecule is CNc1cccc(C(=O)N(C)Cc2ccccc2Br)c1. The summed E-state index contributed by atoms with van der Waals surface area (Å²) in [7, 11) is 3.65. The summed E-state index contributed by atoms with van der Waals surface area (Å²) in [6.45, 7) is 0.573. The molecule has 4 heteroatoms. The van der Waals surface area contributed by atoms with Gasteiger partial charge in [-0.2, -0.15) is 0 Å². The van der Waals surface area contributed by atoms with E-state index in [1.54, 1.807) is 4.90 Å². The summed E-state index contributed by atoms with van der Waals surface area (Å²) in [6.07, 6.45) is 0. The third kappa shape index (κ3) is 3.39. The minimum absolute atomic E-state index is 0.0119. The van der Waals surface area contributed by atoms with Crippen LogP contribution >= 0.6 is 15.9 Å². The standard InChI is InChI=1S/C16H17BrN2O/c1-18-14-8-5-7-12(10-14)16(20)19(2)11-13-6-3-4-9-15(13)17/h3-10,18H,11H2,1-2H3. The quantitative estimate of drug-likeness (QED) is 0.924. The molecule has 0 aliphatic carbocycles. The van der Waals surface area contributed by atoms with E-state index in [-0.39, 0.29) is 5.91 Å². The van der Waals surface area contributed by atoms with Crippen molar-refractivity contribution in [3.05, 3.63) is 64.1 Å². The van der Waals surface area contributed by atoms with Crippen molar-refractivity contribution in [1.29, 1.82) is 0 Å². The highest BCUT2D eigenvalue weighted by atomic mass is 79.9.